The number of urea groups is 1. The van der Waals surface area contributed by atoms with Crippen molar-refractivity contribution >= 4 is 17.9 Å². The summed E-state index contributed by atoms with van der Waals surface area (Å²) in [6.45, 7) is 1.66. The fraction of sp³-hybridized carbons (Fsp3) is 0.350. The number of ether oxygens (including phenoxy) is 1. The number of imide groups is 1. The van der Waals surface area contributed by atoms with E-state index in [0.717, 1.165) is 29.7 Å². The standard InChI is InChI=1S/C20H20N2O5/c1-20(14-7-6-12-4-3-5-13(12)10-14)18(24)22(19(25)21-20)11-15-8-9-16(27-15)17(23)26-2/h6-10H,3-5,11H2,1-2H3,(H,21,25). The minimum Gasteiger partial charge on any atom is -0.463 e. The van der Waals surface area contributed by atoms with Gasteiger partial charge in [0.2, 0.25) is 5.76 Å². The maximum Gasteiger partial charge on any atom is 0.373 e. The maximum absolute atomic E-state index is 13.0. The zero-order chi connectivity index (χ0) is 19.2. The number of carbonyl (C=O) groups excluding carboxylic acids is 3. The van der Waals surface area contributed by atoms with Crippen LogP contribution in [0.4, 0.5) is 4.79 Å². The van der Waals surface area contributed by atoms with Crippen LogP contribution < -0.4 is 5.32 Å². The molecule has 0 bridgehead atoms. The lowest BCUT2D eigenvalue weighted by Gasteiger charge is -2.23. The molecule has 140 valence electrons. The summed E-state index contributed by atoms with van der Waals surface area (Å²) in [4.78, 5) is 38.1. The molecule has 1 fully saturated rings. The number of furan rings is 1. The number of esters is 1. The van der Waals surface area contributed by atoms with Gasteiger partial charge in [-0.25, -0.2) is 9.59 Å². The second-order valence-corrected chi connectivity index (χ2v) is 7.04. The first-order chi connectivity index (χ1) is 12.9. The van der Waals surface area contributed by atoms with Gasteiger partial charge in [-0.3, -0.25) is 9.69 Å². The second-order valence-electron chi connectivity index (χ2n) is 7.04. The van der Waals surface area contributed by atoms with Crippen molar-refractivity contribution in [1.29, 1.82) is 0 Å². The largest absolute Gasteiger partial charge is 0.463 e. The molecule has 2 heterocycles. The van der Waals surface area contributed by atoms with Gasteiger partial charge in [0, 0.05) is 0 Å². The van der Waals surface area contributed by atoms with E-state index in [0.29, 0.717) is 5.76 Å². The molecule has 1 N–H and O–H groups in total. The van der Waals surface area contributed by atoms with Gasteiger partial charge >= 0.3 is 12.0 Å². The Bertz CT molecular complexity index is 948. The van der Waals surface area contributed by atoms with Crippen molar-refractivity contribution in [3.8, 4) is 0 Å². The number of fused-ring (bicyclic) bond motifs is 1. The van der Waals surface area contributed by atoms with E-state index in [1.165, 1.54) is 24.3 Å². The summed E-state index contributed by atoms with van der Waals surface area (Å²) >= 11 is 0. The Morgan fingerprint density at radius 3 is 2.78 bits per heavy atom. The minimum atomic E-state index is -1.12. The molecule has 0 saturated carbocycles. The smallest absolute Gasteiger partial charge is 0.373 e. The van der Waals surface area contributed by atoms with Crippen LogP contribution >= 0.6 is 0 Å². The lowest BCUT2D eigenvalue weighted by molar-refractivity contribution is -0.131. The molecule has 1 atom stereocenters. The first kappa shape index (κ1) is 17.3. The Kier molecular flexibility index (Phi) is 4.02. The van der Waals surface area contributed by atoms with Crippen molar-refractivity contribution in [3.63, 3.8) is 0 Å². The minimum absolute atomic E-state index is 0.0286. The third-order valence-electron chi connectivity index (χ3n) is 5.31. The van der Waals surface area contributed by atoms with Gasteiger partial charge in [0.15, 0.2) is 0 Å². The van der Waals surface area contributed by atoms with Crippen molar-refractivity contribution in [2.45, 2.75) is 38.3 Å². The van der Waals surface area contributed by atoms with E-state index >= 15 is 0 Å². The van der Waals surface area contributed by atoms with E-state index in [4.69, 9.17) is 4.42 Å². The number of amides is 3. The van der Waals surface area contributed by atoms with Gasteiger partial charge in [0.25, 0.3) is 5.91 Å². The Morgan fingerprint density at radius 2 is 2.00 bits per heavy atom. The van der Waals surface area contributed by atoms with Gasteiger partial charge in [-0.2, -0.15) is 0 Å². The number of aryl methyl sites for hydroxylation is 2. The normalized spacial score (nSPS) is 21.3. The first-order valence-corrected chi connectivity index (χ1v) is 8.86. The molecule has 0 spiro atoms. The van der Waals surface area contributed by atoms with Crippen molar-refractivity contribution in [3.05, 3.63) is 58.5 Å². The molecular weight excluding hydrogens is 348 g/mol. The number of nitrogens with one attached hydrogen (secondary N) is 1. The number of benzene rings is 1. The summed E-state index contributed by atoms with van der Waals surface area (Å²) in [5.41, 5.74) is 2.20. The van der Waals surface area contributed by atoms with Gasteiger partial charge in [-0.1, -0.05) is 18.2 Å². The molecule has 3 amide bonds. The van der Waals surface area contributed by atoms with E-state index in [1.54, 1.807) is 13.0 Å². The van der Waals surface area contributed by atoms with Crippen molar-refractivity contribution in [2.75, 3.05) is 7.11 Å². The first-order valence-electron chi connectivity index (χ1n) is 8.86. The van der Waals surface area contributed by atoms with Crippen LogP contribution in [-0.2, 0) is 34.5 Å². The highest BCUT2D eigenvalue weighted by molar-refractivity contribution is 6.07. The Hall–Kier alpha value is -3.09. The number of nitrogens with zero attached hydrogens (tertiary/aromatic N) is 1. The van der Waals surface area contributed by atoms with Crippen molar-refractivity contribution in [2.24, 2.45) is 0 Å². The van der Waals surface area contributed by atoms with Gasteiger partial charge in [-0.15, -0.1) is 0 Å². The maximum atomic E-state index is 13.0. The molecule has 1 aromatic heterocycles. The number of carbonyl (C=O) groups is 3. The molecule has 0 radical (unpaired) electrons. The quantitative estimate of drug-likeness (QED) is 0.662. The molecule has 27 heavy (non-hydrogen) atoms. The van der Waals surface area contributed by atoms with E-state index in [2.05, 4.69) is 10.1 Å². The fourth-order valence-electron chi connectivity index (χ4n) is 3.75. The number of hydrogen-bond donors (Lipinski definition) is 1. The SMILES string of the molecule is COC(=O)c1ccc(CN2C(=O)NC(C)(c3ccc4c(c3)CCC4)C2=O)o1. The van der Waals surface area contributed by atoms with Crippen molar-refractivity contribution in [1.82, 2.24) is 10.2 Å². The molecule has 2 aliphatic rings. The van der Waals surface area contributed by atoms with Crippen LogP contribution in [0.25, 0.3) is 0 Å². The van der Waals surface area contributed by atoms with E-state index in [1.807, 2.05) is 18.2 Å². The molecular formula is C20H20N2O5. The third-order valence-corrected chi connectivity index (χ3v) is 5.31. The van der Waals surface area contributed by atoms with E-state index < -0.39 is 17.5 Å². The molecule has 2 aromatic rings. The predicted molar refractivity (Wildman–Crippen MR) is 94.9 cm³/mol. The summed E-state index contributed by atoms with van der Waals surface area (Å²) < 4.78 is 9.98. The van der Waals surface area contributed by atoms with Crippen LogP contribution in [0.5, 0.6) is 0 Å². The Balaban J connectivity index is 1.58. The fourth-order valence-corrected chi connectivity index (χ4v) is 3.75. The Morgan fingerprint density at radius 1 is 1.22 bits per heavy atom. The van der Waals surface area contributed by atoms with Gasteiger partial charge in [0.1, 0.15) is 11.3 Å². The highest BCUT2D eigenvalue weighted by Gasteiger charge is 2.49. The van der Waals surface area contributed by atoms with Crippen LogP contribution in [0.3, 0.4) is 0 Å². The predicted octanol–water partition coefficient (Wildman–Crippen LogP) is 2.52. The van der Waals surface area contributed by atoms with Gasteiger partial charge in [-0.05, 0) is 55.0 Å². The number of rotatable bonds is 4. The lowest BCUT2D eigenvalue weighted by Crippen LogP contribution is -2.40. The topological polar surface area (TPSA) is 88.9 Å². The molecule has 4 rings (SSSR count). The molecule has 7 nitrogen and oxygen atoms in total. The average Bonchev–Trinajstić information content (AvgIpc) is 3.36. The summed E-state index contributed by atoms with van der Waals surface area (Å²) in [5.74, 6) is -0.596. The molecule has 1 saturated heterocycles. The van der Waals surface area contributed by atoms with Crippen LogP contribution in [0.1, 0.15) is 46.3 Å². The molecule has 1 aliphatic carbocycles. The highest BCUT2D eigenvalue weighted by atomic mass is 16.5. The molecule has 7 heteroatoms. The van der Waals surface area contributed by atoms with Crippen LogP contribution in [0.2, 0.25) is 0 Å². The number of hydrogen-bond acceptors (Lipinski definition) is 5. The molecule has 1 aliphatic heterocycles. The monoisotopic (exact) mass is 368 g/mol. The Labute approximate surface area is 156 Å². The third kappa shape index (κ3) is 2.79. The highest BCUT2D eigenvalue weighted by Crippen LogP contribution is 2.33. The van der Waals surface area contributed by atoms with Crippen LogP contribution in [-0.4, -0.2) is 29.9 Å². The summed E-state index contributed by atoms with van der Waals surface area (Å²) in [5, 5.41) is 2.80. The average molecular weight is 368 g/mol. The van der Waals surface area contributed by atoms with Gasteiger partial charge < -0.3 is 14.5 Å². The van der Waals surface area contributed by atoms with E-state index in [9.17, 15) is 14.4 Å². The van der Waals surface area contributed by atoms with E-state index in [-0.39, 0.29) is 18.2 Å². The lowest BCUT2D eigenvalue weighted by atomic mass is 9.89. The summed E-state index contributed by atoms with van der Waals surface area (Å²) in [6, 6.07) is 8.50. The van der Waals surface area contributed by atoms with Crippen LogP contribution in [0.15, 0.2) is 34.7 Å². The van der Waals surface area contributed by atoms with Crippen LogP contribution in [0, 0.1) is 0 Å². The van der Waals surface area contributed by atoms with Gasteiger partial charge in [0.05, 0.1) is 13.7 Å². The van der Waals surface area contributed by atoms with Crippen molar-refractivity contribution < 1.29 is 23.5 Å². The molecule has 1 aromatic carbocycles. The zero-order valence-electron chi connectivity index (χ0n) is 15.2. The molecule has 1 unspecified atom stereocenters. The summed E-state index contributed by atoms with van der Waals surface area (Å²) in [7, 11) is 1.25. The number of methoxy groups -OCH3 is 1. The zero-order valence-corrected chi connectivity index (χ0v) is 15.2. The summed E-state index contributed by atoms with van der Waals surface area (Å²) in [6.07, 6.45) is 3.16. The second kappa shape index (κ2) is 6.26.